The van der Waals surface area contributed by atoms with E-state index in [9.17, 15) is 0 Å². The van der Waals surface area contributed by atoms with Crippen LogP contribution in [0.25, 0.3) is 0 Å². The van der Waals surface area contributed by atoms with Crippen molar-refractivity contribution >= 4 is 17.4 Å². The molecule has 0 atom stereocenters. The number of halogens is 1. The van der Waals surface area contributed by atoms with Crippen molar-refractivity contribution < 1.29 is 0 Å². The first-order chi connectivity index (χ1) is 7.07. The molecule has 0 bridgehead atoms. The summed E-state index contributed by atoms with van der Waals surface area (Å²) in [5, 5.41) is 0.705. The Morgan fingerprint density at radius 2 is 1.93 bits per heavy atom. The van der Waals surface area contributed by atoms with Crippen LogP contribution in [0.15, 0.2) is 18.3 Å². The maximum absolute atomic E-state index is 5.81. The summed E-state index contributed by atoms with van der Waals surface area (Å²) in [7, 11) is 0. The molecule has 0 saturated carbocycles. The maximum atomic E-state index is 5.81. The van der Waals surface area contributed by atoms with Crippen LogP contribution >= 0.6 is 11.6 Å². The molecule has 3 heteroatoms. The van der Waals surface area contributed by atoms with E-state index in [-0.39, 0.29) is 0 Å². The van der Waals surface area contributed by atoms with Crippen molar-refractivity contribution in [2.24, 2.45) is 5.41 Å². The van der Waals surface area contributed by atoms with Gasteiger partial charge in [-0.1, -0.05) is 25.4 Å². The van der Waals surface area contributed by atoms with E-state index in [0.717, 1.165) is 18.9 Å². The Morgan fingerprint density at radius 3 is 2.47 bits per heavy atom. The molecule has 0 radical (unpaired) electrons. The quantitative estimate of drug-likeness (QED) is 0.727. The maximum Gasteiger partial charge on any atom is 0.128 e. The van der Waals surface area contributed by atoms with E-state index in [2.05, 4.69) is 23.7 Å². The fourth-order valence-electron chi connectivity index (χ4n) is 1.90. The highest BCUT2D eigenvalue weighted by molar-refractivity contribution is 6.30. The van der Waals surface area contributed by atoms with E-state index in [1.165, 1.54) is 12.8 Å². The van der Waals surface area contributed by atoms with Gasteiger partial charge in [-0.15, -0.1) is 0 Å². The predicted molar refractivity (Wildman–Crippen MR) is 64.5 cm³/mol. The summed E-state index contributed by atoms with van der Waals surface area (Å²) < 4.78 is 0. The van der Waals surface area contributed by atoms with Gasteiger partial charge in [-0.05, 0) is 30.4 Å². The highest BCUT2D eigenvalue weighted by atomic mass is 35.5. The lowest BCUT2D eigenvalue weighted by atomic mass is 9.83. The lowest BCUT2D eigenvalue weighted by Gasteiger charge is -2.37. The second-order valence-corrected chi connectivity index (χ2v) is 5.42. The fraction of sp³-hybridized carbons (Fsp3) is 0.583. The molecule has 1 aromatic rings. The number of anilines is 1. The summed E-state index contributed by atoms with van der Waals surface area (Å²) in [6.07, 6.45) is 4.19. The Kier molecular flexibility index (Phi) is 2.87. The normalized spacial score (nSPS) is 20.3. The van der Waals surface area contributed by atoms with Crippen LogP contribution in [-0.2, 0) is 0 Å². The molecule has 15 heavy (non-hydrogen) atoms. The predicted octanol–water partition coefficient (Wildman–Crippen LogP) is 3.36. The number of pyridine rings is 1. The molecule has 0 amide bonds. The molecular weight excluding hydrogens is 208 g/mol. The molecular formula is C12H17ClN2. The van der Waals surface area contributed by atoms with Crippen LogP contribution in [0.4, 0.5) is 5.82 Å². The van der Waals surface area contributed by atoms with Crippen LogP contribution in [0, 0.1) is 5.41 Å². The van der Waals surface area contributed by atoms with Gasteiger partial charge >= 0.3 is 0 Å². The smallest absolute Gasteiger partial charge is 0.128 e. The van der Waals surface area contributed by atoms with E-state index < -0.39 is 0 Å². The molecule has 0 spiro atoms. The van der Waals surface area contributed by atoms with E-state index >= 15 is 0 Å². The number of aromatic nitrogens is 1. The fourth-order valence-corrected chi connectivity index (χ4v) is 2.01. The van der Waals surface area contributed by atoms with Crippen LogP contribution in [0.3, 0.4) is 0 Å². The zero-order valence-corrected chi connectivity index (χ0v) is 10.1. The minimum Gasteiger partial charge on any atom is -0.357 e. The first-order valence-electron chi connectivity index (χ1n) is 5.43. The van der Waals surface area contributed by atoms with Crippen molar-refractivity contribution in [1.82, 2.24) is 4.98 Å². The largest absolute Gasteiger partial charge is 0.357 e. The van der Waals surface area contributed by atoms with Gasteiger partial charge < -0.3 is 4.90 Å². The molecule has 0 N–H and O–H groups in total. The van der Waals surface area contributed by atoms with Gasteiger partial charge in [-0.3, -0.25) is 0 Å². The minimum absolute atomic E-state index is 0.489. The first kappa shape index (κ1) is 10.7. The van der Waals surface area contributed by atoms with E-state index in [0.29, 0.717) is 10.4 Å². The molecule has 0 aromatic carbocycles. The molecule has 1 aromatic heterocycles. The number of nitrogens with zero attached hydrogens (tertiary/aromatic N) is 2. The van der Waals surface area contributed by atoms with Gasteiger partial charge in [-0.25, -0.2) is 4.98 Å². The lowest BCUT2D eigenvalue weighted by molar-refractivity contribution is 0.279. The molecule has 2 nitrogen and oxygen atoms in total. The van der Waals surface area contributed by atoms with Gasteiger partial charge in [0.15, 0.2) is 0 Å². The van der Waals surface area contributed by atoms with Crippen molar-refractivity contribution in [2.45, 2.75) is 26.7 Å². The lowest BCUT2D eigenvalue weighted by Crippen LogP contribution is -2.37. The molecule has 0 aliphatic carbocycles. The van der Waals surface area contributed by atoms with Crippen LogP contribution in [-0.4, -0.2) is 18.1 Å². The first-order valence-corrected chi connectivity index (χ1v) is 5.81. The van der Waals surface area contributed by atoms with Gasteiger partial charge in [0.1, 0.15) is 5.82 Å². The van der Waals surface area contributed by atoms with Crippen LogP contribution in [0.5, 0.6) is 0 Å². The Balaban J connectivity index is 2.04. The standard InChI is InChI=1S/C12H17ClN2/c1-12(2)5-7-15(8-6-12)11-4-3-10(13)9-14-11/h3-4,9H,5-8H2,1-2H3. The van der Waals surface area contributed by atoms with Gasteiger partial charge in [0.2, 0.25) is 0 Å². The van der Waals surface area contributed by atoms with Crippen LogP contribution in [0.1, 0.15) is 26.7 Å². The molecule has 2 heterocycles. The Bertz CT molecular complexity index is 322. The third-order valence-electron chi connectivity index (χ3n) is 3.15. The van der Waals surface area contributed by atoms with Crippen LogP contribution < -0.4 is 4.90 Å². The van der Waals surface area contributed by atoms with E-state index in [1.807, 2.05) is 12.1 Å². The summed E-state index contributed by atoms with van der Waals surface area (Å²) in [6, 6.07) is 3.91. The summed E-state index contributed by atoms with van der Waals surface area (Å²) in [4.78, 5) is 6.68. The van der Waals surface area contributed by atoms with E-state index in [4.69, 9.17) is 11.6 Å². The summed E-state index contributed by atoms with van der Waals surface area (Å²) in [5.74, 6) is 1.05. The molecule has 82 valence electrons. The summed E-state index contributed by atoms with van der Waals surface area (Å²) in [6.45, 7) is 6.86. The summed E-state index contributed by atoms with van der Waals surface area (Å²) in [5.41, 5.74) is 0.489. The number of rotatable bonds is 1. The Morgan fingerprint density at radius 1 is 1.27 bits per heavy atom. The van der Waals surface area contributed by atoms with Gasteiger partial charge in [0.05, 0.1) is 5.02 Å². The SMILES string of the molecule is CC1(C)CCN(c2ccc(Cl)cn2)CC1. The number of hydrogen-bond donors (Lipinski definition) is 0. The van der Waals surface area contributed by atoms with Crippen molar-refractivity contribution in [2.75, 3.05) is 18.0 Å². The molecule has 1 aliphatic heterocycles. The Hall–Kier alpha value is -0.760. The zero-order chi connectivity index (χ0) is 10.9. The van der Waals surface area contributed by atoms with Crippen LogP contribution in [0.2, 0.25) is 5.02 Å². The molecule has 1 fully saturated rings. The zero-order valence-electron chi connectivity index (χ0n) is 9.33. The second-order valence-electron chi connectivity index (χ2n) is 4.99. The van der Waals surface area contributed by atoms with Gasteiger partial charge in [0, 0.05) is 19.3 Å². The average Bonchev–Trinajstić information content (AvgIpc) is 2.20. The van der Waals surface area contributed by atoms with Crippen molar-refractivity contribution in [1.29, 1.82) is 0 Å². The number of piperidine rings is 1. The Labute approximate surface area is 96.3 Å². The van der Waals surface area contributed by atoms with Crippen molar-refractivity contribution in [3.05, 3.63) is 23.4 Å². The summed E-state index contributed by atoms with van der Waals surface area (Å²) >= 11 is 5.81. The monoisotopic (exact) mass is 224 g/mol. The van der Waals surface area contributed by atoms with Crippen molar-refractivity contribution in [3.8, 4) is 0 Å². The highest BCUT2D eigenvalue weighted by Crippen LogP contribution is 2.31. The average molecular weight is 225 g/mol. The van der Waals surface area contributed by atoms with Crippen molar-refractivity contribution in [3.63, 3.8) is 0 Å². The number of hydrogen-bond acceptors (Lipinski definition) is 2. The third-order valence-corrected chi connectivity index (χ3v) is 3.38. The topological polar surface area (TPSA) is 16.1 Å². The van der Waals surface area contributed by atoms with E-state index in [1.54, 1.807) is 6.20 Å². The van der Waals surface area contributed by atoms with Gasteiger partial charge in [-0.2, -0.15) is 0 Å². The minimum atomic E-state index is 0.489. The molecule has 1 aliphatic rings. The second kappa shape index (κ2) is 4.01. The molecule has 1 saturated heterocycles. The van der Waals surface area contributed by atoms with Gasteiger partial charge in [0.25, 0.3) is 0 Å². The molecule has 2 rings (SSSR count). The molecule has 0 unspecified atom stereocenters. The third kappa shape index (κ3) is 2.63. The highest BCUT2D eigenvalue weighted by Gasteiger charge is 2.25.